The lowest BCUT2D eigenvalue weighted by molar-refractivity contribution is 0.305. The highest BCUT2D eigenvalue weighted by Gasteiger charge is 2.01. The predicted molar refractivity (Wildman–Crippen MR) is 68.0 cm³/mol. The first-order valence-corrected chi connectivity index (χ1v) is 5.99. The molecule has 0 fully saturated rings. The van der Waals surface area contributed by atoms with Gasteiger partial charge in [-0.05, 0) is 24.5 Å². The minimum atomic E-state index is 0.602. The van der Waals surface area contributed by atoms with Gasteiger partial charge in [-0.25, -0.2) is 0 Å². The molecule has 0 radical (unpaired) electrons. The van der Waals surface area contributed by atoms with Crippen LogP contribution in [0.4, 0.5) is 0 Å². The number of ether oxygens (including phenoxy) is 1. The molecule has 0 saturated carbocycles. The van der Waals surface area contributed by atoms with E-state index in [-0.39, 0.29) is 0 Å². The maximum Gasteiger partial charge on any atom is 0.157 e. The van der Waals surface area contributed by atoms with Crippen molar-refractivity contribution in [1.29, 1.82) is 0 Å². The van der Waals surface area contributed by atoms with Crippen LogP contribution in [0.2, 0.25) is 0 Å². The maximum atomic E-state index is 5.72. The third kappa shape index (κ3) is 3.09. The summed E-state index contributed by atoms with van der Waals surface area (Å²) in [5.74, 6) is 0.835. The molecule has 2 aromatic rings. The van der Waals surface area contributed by atoms with Gasteiger partial charge < -0.3 is 4.74 Å². The van der Waals surface area contributed by atoms with Gasteiger partial charge in [0, 0.05) is 6.54 Å². The van der Waals surface area contributed by atoms with Crippen LogP contribution in [0.15, 0.2) is 36.7 Å². The summed E-state index contributed by atoms with van der Waals surface area (Å²) < 4.78 is 7.63. The number of hydrogen-bond acceptors (Lipinski definition) is 2. The van der Waals surface area contributed by atoms with Crippen LogP contribution in [0.3, 0.4) is 0 Å². The van der Waals surface area contributed by atoms with E-state index in [0.717, 1.165) is 18.7 Å². The lowest BCUT2D eigenvalue weighted by Gasteiger charge is -2.06. The molecule has 0 spiro atoms. The van der Waals surface area contributed by atoms with Crippen LogP contribution < -0.4 is 4.74 Å². The highest BCUT2D eigenvalue weighted by molar-refractivity contribution is 5.25. The quantitative estimate of drug-likeness (QED) is 0.788. The SMILES string of the molecule is CCCn1cc(OCc2ccccc2C)cn1. The van der Waals surface area contributed by atoms with Crippen molar-refractivity contribution >= 4 is 0 Å². The summed E-state index contributed by atoms with van der Waals surface area (Å²) in [7, 11) is 0. The second-order valence-corrected chi connectivity index (χ2v) is 4.15. The molecular weight excluding hydrogens is 212 g/mol. The first-order valence-electron chi connectivity index (χ1n) is 5.99. The molecule has 0 aliphatic heterocycles. The van der Waals surface area contributed by atoms with Crippen molar-refractivity contribution in [2.75, 3.05) is 0 Å². The fraction of sp³-hybridized carbons (Fsp3) is 0.357. The zero-order valence-corrected chi connectivity index (χ0v) is 10.4. The summed E-state index contributed by atoms with van der Waals surface area (Å²) in [6.07, 6.45) is 4.80. The van der Waals surface area contributed by atoms with Crippen molar-refractivity contribution in [2.45, 2.75) is 33.4 Å². The van der Waals surface area contributed by atoms with Gasteiger partial charge in [-0.2, -0.15) is 5.10 Å². The molecule has 17 heavy (non-hydrogen) atoms. The van der Waals surface area contributed by atoms with Gasteiger partial charge in [0.1, 0.15) is 6.61 Å². The molecule has 1 aromatic heterocycles. The Bertz CT molecular complexity index is 477. The predicted octanol–water partition coefficient (Wildman–Crippen LogP) is 3.18. The van der Waals surface area contributed by atoms with Crippen molar-refractivity contribution < 1.29 is 4.74 Å². The zero-order chi connectivity index (χ0) is 12.1. The highest BCUT2D eigenvalue weighted by atomic mass is 16.5. The first-order chi connectivity index (χ1) is 8.29. The second-order valence-electron chi connectivity index (χ2n) is 4.15. The van der Waals surface area contributed by atoms with Gasteiger partial charge in [0.15, 0.2) is 5.75 Å². The van der Waals surface area contributed by atoms with E-state index in [2.05, 4.69) is 31.1 Å². The van der Waals surface area contributed by atoms with Crippen LogP contribution in [-0.2, 0) is 13.2 Å². The molecule has 1 heterocycles. The smallest absolute Gasteiger partial charge is 0.157 e. The molecule has 0 unspecified atom stereocenters. The molecule has 1 aromatic carbocycles. The summed E-state index contributed by atoms with van der Waals surface area (Å²) in [6.45, 7) is 5.77. The van der Waals surface area contributed by atoms with E-state index in [1.807, 2.05) is 23.0 Å². The topological polar surface area (TPSA) is 27.1 Å². The Balaban J connectivity index is 1.95. The minimum absolute atomic E-state index is 0.602. The lowest BCUT2D eigenvalue weighted by atomic mass is 10.1. The normalized spacial score (nSPS) is 10.5. The van der Waals surface area contributed by atoms with Crippen molar-refractivity contribution in [3.63, 3.8) is 0 Å². The third-order valence-corrected chi connectivity index (χ3v) is 2.72. The van der Waals surface area contributed by atoms with Crippen LogP contribution in [0.1, 0.15) is 24.5 Å². The monoisotopic (exact) mass is 230 g/mol. The van der Waals surface area contributed by atoms with E-state index in [9.17, 15) is 0 Å². The summed E-state index contributed by atoms with van der Waals surface area (Å²) in [5.41, 5.74) is 2.48. The van der Waals surface area contributed by atoms with Gasteiger partial charge in [0.05, 0.1) is 12.4 Å². The zero-order valence-electron chi connectivity index (χ0n) is 10.4. The van der Waals surface area contributed by atoms with Crippen molar-refractivity contribution in [3.05, 3.63) is 47.8 Å². The number of aryl methyl sites for hydroxylation is 2. The molecule has 0 amide bonds. The third-order valence-electron chi connectivity index (χ3n) is 2.72. The molecule has 2 rings (SSSR count). The molecule has 90 valence electrons. The molecule has 0 aliphatic rings. The van der Waals surface area contributed by atoms with Crippen molar-refractivity contribution in [3.8, 4) is 5.75 Å². The van der Waals surface area contributed by atoms with Crippen LogP contribution in [0, 0.1) is 6.92 Å². The van der Waals surface area contributed by atoms with Crippen LogP contribution in [-0.4, -0.2) is 9.78 Å². The summed E-state index contributed by atoms with van der Waals surface area (Å²) in [6, 6.07) is 8.26. The lowest BCUT2D eigenvalue weighted by Crippen LogP contribution is -1.97. The van der Waals surface area contributed by atoms with E-state index in [0.29, 0.717) is 6.61 Å². The van der Waals surface area contributed by atoms with Gasteiger partial charge in [-0.15, -0.1) is 0 Å². The molecule has 0 aliphatic carbocycles. The Morgan fingerprint density at radius 2 is 2.12 bits per heavy atom. The number of hydrogen-bond donors (Lipinski definition) is 0. The van der Waals surface area contributed by atoms with Crippen molar-refractivity contribution in [1.82, 2.24) is 9.78 Å². The Kier molecular flexibility index (Phi) is 3.81. The first kappa shape index (κ1) is 11.7. The average molecular weight is 230 g/mol. The summed E-state index contributed by atoms with van der Waals surface area (Å²) in [4.78, 5) is 0. The number of rotatable bonds is 5. The fourth-order valence-electron chi connectivity index (χ4n) is 1.70. The molecular formula is C14H18N2O. The van der Waals surface area contributed by atoms with E-state index in [4.69, 9.17) is 4.74 Å². The Labute approximate surface area is 102 Å². The highest BCUT2D eigenvalue weighted by Crippen LogP contribution is 2.13. The molecule has 0 bridgehead atoms. The Morgan fingerprint density at radius 1 is 1.29 bits per heavy atom. The van der Waals surface area contributed by atoms with Crippen LogP contribution >= 0.6 is 0 Å². The summed E-state index contributed by atoms with van der Waals surface area (Å²) in [5, 5.41) is 4.23. The molecule has 3 nitrogen and oxygen atoms in total. The van der Waals surface area contributed by atoms with Crippen LogP contribution in [0.25, 0.3) is 0 Å². The fourth-order valence-corrected chi connectivity index (χ4v) is 1.70. The van der Waals surface area contributed by atoms with Gasteiger partial charge in [0.2, 0.25) is 0 Å². The minimum Gasteiger partial charge on any atom is -0.486 e. The van der Waals surface area contributed by atoms with E-state index >= 15 is 0 Å². The number of aromatic nitrogens is 2. The van der Waals surface area contributed by atoms with Gasteiger partial charge >= 0.3 is 0 Å². The molecule has 0 atom stereocenters. The van der Waals surface area contributed by atoms with E-state index in [1.165, 1.54) is 11.1 Å². The average Bonchev–Trinajstić information content (AvgIpc) is 2.76. The summed E-state index contributed by atoms with van der Waals surface area (Å²) >= 11 is 0. The van der Waals surface area contributed by atoms with Gasteiger partial charge in [0.25, 0.3) is 0 Å². The molecule has 0 saturated heterocycles. The van der Waals surface area contributed by atoms with E-state index < -0.39 is 0 Å². The second kappa shape index (κ2) is 5.53. The Hall–Kier alpha value is -1.77. The maximum absolute atomic E-state index is 5.72. The Morgan fingerprint density at radius 3 is 2.88 bits per heavy atom. The largest absolute Gasteiger partial charge is 0.486 e. The van der Waals surface area contributed by atoms with Gasteiger partial charge in [-0.3, -0.25) is 4.68 Å². The number of nitrogens with zero attached hydrogens (tertiary/aromatic N) is 2. The van der Waals surface area contributed by atoms with Crippen LogP contribution in [0.5, 0.6) is 5.75 Å². The standard InChI is InChI=1S/C14H18N2O/c1-3-8-16-10-14(9-15-16)17-11-13-7-5-4-6-12(13)2/h4-7,9-10H,3,8,11H2,1-2H3. The molecule has 3 heteroatoms. The van der Waals surface area contributed by atoms with E-state index in [1.54, 1.807) is 6.20 Å². The van der Waals surface area contributed by atoms with Gasteiger partial charge in [-0.1, -0.05) is 31.2 Å². The molecule has 0 N–H and O–H groups in total. The van der Waals surface area contributed by atoms with Crippen molar-refractivity contribution in [2.24, 2.45) is 0 Å². The number of benzene rings is 1.